The number of hydrogen-bond acceptors (Lipinski definition) is 4. The van der Waals surface area contributed by atoms with E-state index in [4.69, 9.17) is 10.5 Å². The SMILES string of the molecule is CCC(O)(COC)c1c(C)ccnc1N. The lowest BCUT2D eigenvalue weighted by Crippen LogP contribution is -2.32. The number of pyridine rings is 1. The third kappa shape index (κ3) is 2.27. The molecule has 3 N–H and O–H groups in total. The van der Waals surface area contributed by atoms with Crippen LogP contribution in [0.4, 0.5) is 5.82 Å². The van der Waals surface area contributed by atoms with Crippen molar-refractivity contribution in [1.29, 1.82) is 0 Å². The highest BCUT2D eigenvalue weighted by Crippen LogP contribution is 2.31. The van der Waals surface area contributed by atoms with E-state index in [1.807, 2.05) is 19.9 Å². The summed E-state index contributed by atoms with van der Waals surface area (Å²) in [6.07, 6.45) is 2.18. The quantitative estimate of drug-likeness (QED) is 0.784. The van der Waals surface area contributed by atoms with Crippen molar-refractivity contribution in [3.63, 3.8) is 0 Å². The monoisotopic (exact) mass is 210 g/mol. The Hall–Kier alpha value is -1.13. The first-order valence-electron chi connectivity index (χ1n) is 4.98. The van der Waals surface area contributed by atoms with Crippen molar-refractivity contribution < 1.29 is 9.84 Å². The first kappa shape index (κ1) is 11.9. The number of rotatable bonds is 4. The molecule has 1 aromatic rings. The molecule has 0 spiro atoms. The zero-order valence-electron chi connectivity index (χ0n) is 9.45. The summed E-state index contributed by atoms with van der Waals surface area (Å²) in [4.78, 5) is 4.00. The van der Waals surface area contributed by atoms with E-state index in [0.29, 0.717) is 17.8 Å². The highest BCUT2D eigenvalue weighted by Gasteiger charge is 2.31. The average molecular weight is 210 g/mol. The van der Waals surface area contributed by atoms with Gasteiger partial charge in [-0.1, -0.05) is 6.92 Å². The second-order valence-corrected chi connectivity index (χ2v) is 3.71. The Labute approximate surface area is 90.1 Å². The molecule has 0 fully saturated rings. The molecule has 0 saturated heterocycles. The van der Waals surface area contributed by atoms with E-state index in [9.17, 15) is 5.11 Å². The van der Waals surface area contributed by atoms with Crippen LogP contribution >= 0.6 is 0 Å². The molecular weight excluding hydrogens is 192 g/mol. The van der Waals surface area contributed by atoms with Crippen molar-refractivity contribution >= 4 is 5.82 Å². The normalized spacial score (nSPS) is 14.9. The molecule has 0 aliphatic heterocycles. The van der Waals surface area contributed by atoms with Crippen LogP contribution in [0.15, 0.2) is 12.3 Å². The lowest BCUT2D eigenvalue weighted by atomic mass is 9.89. The van der Waals surface area contributed by atoms with Crippen LogP contribution in [0.2, 0.25) is 0 Å². The first-order chi connectivity index (χ1) is 7.05. The molecule has 15 heavy (non-hydrogen) atoms. The fourth-order valence-corrected chi connectivity index (χ4v) is 1.77. The number of aryl methyl sites for hydroxylation is 1. The lowest BCUT2D eigenvalue weighted by molar-refractivity contribution is -0.0386. The van der Waals surface area contributed by atoms with Gasteiger partial charge in [-0.05, 0) is 25.0 Å². The van der Waals surface area contributed by atoms with Crippen LogP contribution in [0.3, 0.4) is 0 Å². The Balaban J connectivity index is 3.22. The van der Waals surface area contributed by atoms with Gasteiger partial charge in [-0.25, -0.2) is 4.98 Å². The number of ether oxygens (including phenoxy) is 1. The summed E-state index contributed by atoms with van der Waals surface area (Å²) >= 11 is 0. The van der Waals surface area contributed by atoms with E-state index in [1.54, 1.807) is 13.3 Å². The molecule has 4 heteroatoms. The second kappa shape index (κ2) is 4.59. The molecule has 4 nitrogen and oxygen atoms in total. The molecule has 0 radical (unpaired) electrons. The summed E-state index contributed by atoms with van der Waals surface area (Å²) in [6.45, 7) is 4.02. The van der Waals surface area contributed by atoms with Gasteiger partial charge in [0.05, 0.1) is 6.61 Å². The molecular formula is C11H18N2O2. The van der Waals surface area contributed by atoms with Crippen LogP contribution in [-0.4, -0.2) is 23.8 Å². The van der Waals surface area contributed by atoms with Gasteiger partial charge in [-0.3, -0.25) is 0 Å². The van der Waals surface area contributed by atoms with Crippen molar-refractivity contribution in [1.82, 2.24) is 4.98 Å². The maximum atomic E-state index is 10.4. The van der Waals surface area contributed by atoms with Gasteiger partial charge >= 0.3 is 0 Å². The fourth-order valence-electron chi connectivity index (χ4n) is 1.77. The van der Waals surface area contributed by atoms with Gasteiger partial charge in [0.25, 0.3) is 0 Å². The van der Waals surface area contributed by atoms with Crippen LogP contribution in [-0.2, 0) is 10.3 Å². The highest BCUT2D eigenvalue weighted by molar-refractivity contribution is 5.47. The summed E-state index contributed by atoms with van der Waals surface area (Å²) in [5.41, 5.74) is 6.35. The number of hydrogen-bond donors (Lipinski definition) is 2. The molecule has 0 aliphatic rings. The summed E-state index contributed by atoms with van der Waals surface area (Å²) < 4.78 is 5.03. The van der Waals surface area contributed by atoms with Gasteiger partial charge in [-0.2, -0.15) is 0 Å². The number of aromatic nitrogens is 1. The molecule has 0 amide bonds. The third-order valence-electron chi connectivity index (χ3n) is 2.62. The highest BCUT2D eigenvalue weighted by atomic mass is 16.5. The third-order valence-corrected chi connectivity index (χ3v) is 2.62. The van der Waals surface area contributed by atoms with Gasteiger partial charge in [-0.15, -0.1) is 0 Å². The predicted molar refractivity (Wildman–Crippen MR) is 59.5 cm³/mol. The molecule has 0 aliphatic carbocycles. The molecule has 84 valence electrons. The predicted octanol–water partition coefficient (Wildman–Crippen LogP) is 1.22. The summed E-state index contributed by atoms with van der Waals surface area (Å²) in [6, 6.07) is 1.84. The van der Waals surface area contributed by atoms with Crippen molar-refractivity contribution in [3.8, 4) is 0 Å². The van der Waals surface area contributed by atoms with Crippen molar-refractivity contribution in [2.75, 3.05) is 19.5 Å². The van der Waals surface area contributed by atoms with Crippen LogP contribution in [0.25, 0.3) is 0 Å². The maximum Gasteiger partial charge on any atom is 0.129 e. The molecule has 0 saturated carbocycles. The number of nitrogen functional groups attached to an aromatic ring is 1. The van der Waals surface area contributed by atoms with E-state index in [-0.39, 0.29) is 6.61 Å². The van der Waals surface area contributed by atoms with Crippen molar-refractivity contribution in [3.05, 3.63) is 23.4 Å². The maximum absolute atomic E-state index is 10.4. The minimum absolute atomic E-state index is 0.222. The van der Waals surface area contributed by atoms with E-state index in [2.05, 4.69) is 4.98 Å². The standard InChI is InChI=1S/C11H18N2O2/c1-4-11(14,7-15-3)9-8(2)5-6-13-10(9)12/h5-6,14H,4,7H2,1-3H3,(H2,12,13). The number of nitrogens with two attached hydrogens (primary N) is 1. The number of nitrogens with zero attached hydrogens (tertiary/aromatic N) is 1. The molecule has 1 unspecified atom stereocenters. The topological polar surface area (TPSA) is 68.4 Å². The summed E-state index contributed by atoms with van der Waals surface area (Å²) in [5.74, 6) is 0.372. The molecule has 1 atom stereocenters. The Morgan fingerprint density at radius 1 is 1.60 bits per heavy atom. The molecule has 1 rings (SSSR count). The van der Waals surface area contributed by atoms with E-state index >= 15 is 0 Å². The Morgan fingerprint density at radius 3 is 2.73 bits per heavy atom. The van der Waals surface area contributed by atoms with Gasteiger partial charge in [0.2, 0.25) is 0 Å². The molecule has 0 bridgehead atoms. The number of aliphatic hydroxyl groups is 1. The van der Waals surface area contributed by atoms with Gasteiger partial charge in [0.1, 0.15) is 11.4 Å². The molecule has 0 aromatic carbocycles. The zero-order chi connectivity index (χ0) is 11.5. The fraction of sp³-hybridized carbons (Fsp3) is 0.545. The van der Waals surface area contributed by atoms with E-state index in [1.165, 1.54) is 0 Å². The van der Waals surface area contributed by atoms with Crippen LogP contribution in [0, 0.1) is 6.92 Å². The van der Waals surface area contributed by atoms with Crippen LogP contribution in [0.5, 0.6) is 0 Å². The smallest absolute Gasteiger partial charge is 0.129 e. The zero-order valence-corrected chi connectivity index (χ0v) is 9.45. The van der Waals surface area contributed by atoms with E-state index in [0.717, 1.165) is 5.56 Å². The van der Waals surface area contributed by atoms with E-state index < -0.39 is 5.60 Å². The number of methoxy groups -OCH3 is 1. The van der Waals surface area contributed by atoms with Gasteiger partial charge in [0, 0.05) is 18.9 Å². The summed E-state index contributed by atoms with van der Waals surface area (Å²) in [5, 5.41) is 10.4. The first-order valence-corrected chi connectivity index (χ1v) is 4.98. The minimum Gasteiger partial charge on any atom is -0.383 e. The van der Waals surface area contributed by atoms with Crippen molar-refractivity contribution in [2.45, 2.75) is 25.9 Å². The number of anilines is 1. The van der Waals surface area contributed by atoms with Crippen LogP contribution in [0.1, 0.15) is 24.5 Å². The Kier molecular flexibility index (Phi) is 3.66. The Bertz CT molecular complexity index is 321. The second-order valence-electron chi connectivity index (χ2n) is 3.71. The summed E-state index contributed by atoms with van der Waals surface area (Å²) in [7, 11) is 1.56. The lowest BCUT2D eigenvalue weighted by Gasteiger charge is -2.28. The van der Waals surface area contributed by atoms with Gasteiger partial charge < -0.3 is 15.6 Å². The largest absolute Gasteiger partial charge is 0.383 e. The van der Waals surface area contributed by atoms with Crippen LogP contribution < -0.4 is 5.73 Å². The minimum atomic E-state index is -1.04. The molecule has 1 aromatic heterocycles. The van der Waals surface area contributed by atoms with Crippen molar-refractivity contribution in [2.24, 2.45) is 0 Å². The van der Waals surface area contributed by atoms with Gasteiger partial charge in [0.15, 0.2) is 0 Å². The average Bonchev–Trinajstić information content (AvgIpc) is 2.18. The Morgan fingerprint density at radius 2 is 2.27 bits per heavy atom. The molecule has 1 heterocycles.